The highest BCUT2D eigenvalue weighted by Crippen LogP contribution is 2.15. The summed E-state index contributed by atoms with van der Waals surface area (Å²) < 4.78 is 31.3. The number of ether oxygens (including phenoxy) is 1. The predicted molar refractivity (Wildman–Crippen MR) is 69.4 cm³/mol. The van der Waals surface area contributed by atoms with Gasteiger partial charge in [0.1, 0.15) is 11.6 Å². The zero-order valence-electron chi connectivity index (χ0n) is 11.1. The molecule has 0 radical (unpaired) electrons. The number of amides is 1. The Hall–Kier alpha value is -2.26. The highest BCUT2D eigenvalue weighted by atomic mass is 19.2. The van der Waals surface area contributed by atoms with Crippen molar-refractivity contribution in [3.8, 4) is 6.07 Å². The molecule has 20 heavy (non-hydrogen) atoms. The number of nitrogens with one attached hydrogen (secondary N) is 1. The Morgan fingerprint density at radius 1 is 1.55 bits per heavy atom. The van der Waals surface area contributed by atoms with Gasteiger partial charge in [-0.1, -0.05) is 12.1 Å². The third-order valence-electron chi connectivity index (χ3n) is 2.44. The van der Waals surface area contributed by atoms with E-state index in [1.165, 1.54) is 19.2 Å². The van der Waals surface area contributed by atoms with Crippen LogP contribution in [0.15, 0.2) is 23.8 Å². The zero-order chi connectivity index (χ0) is 15.1. The smallest absolute Gasteiger partial charge is 0.262 e. The van der Waals surface area contributed by atoms with Crippen molar-refractivity contribution in [2.45, 2.75) is 13.0 Å². The maximum atomic E-state index is 13.5. The van der Waals surface area contributed by atoms with Crippen LogP contribution in [-0.2, 0) is 9.53 Å². The van der Waals surface area contributed by atoms with E-state index in [2.05, 4.69) is 5.32 Å². The van der Waals surface area contributed by atoms with Crippen LogP contribution in [0.2, 0.25) is 0 Å². The van der Waals surface area contributed by atoms with Crippen LogP contribution in [0, 0.1) is 23.0 Å². The fraction of sp³-hybridized carbons (Fsp3) is 0.286. The van der Waals surface area contributed by atoms with E-state index >= 15 is 0 Å². The molecule has 0 saturated heterocycles. The molecular weight excluding hydrogens is 266 g/mol. The third-order valence-corrected chi connectivity index (χ3v) is 2.44. The van der Waals surface area contributed by atoms with Gasteiger partial charge < -0.3 is 10.1 Å². The lowest BCUT2D eigenvalue weighted by molar-refractivity contribution is -0.117. The summed E-state index contributed by atoms with van der Waals surface area (Å²) in [5, 5.41) is 11.4. The SMILES string of the molecule is COCC(C)NC(=O)/C(C#N)=C\c1cccc(F)c1F. The van der Waals surface area contributed by atoms with E-state index in [1.807, 2.05) is 0 Å². The lowest BCUT2D eigenvalue weighted by Gasteiger charge is -2.12. The van der Waals surface area contributed by atoms with E-state index in [0.717, 1.165) is 12.1 Å². The molecule has 0 aliphatic rings. The van der Waals surface area contributed by atoms with Gasteiger partial charge in [0.15, 0.2) is 11.6 Å². The first kappa shape index (κ1) is 15.8. The van der Waals surface area contributed by atoms with E-state index in [1.54, 1.807) is 13.0 Å². The van der Waals surface area contributed by atoms with Crippen LogP contribution in [0.25, 0.3) is 6.08 Å². The van der Waals surface area contributed by atoms with E-state index in [4.69, 9.17) is 10.00 Å². The lowest BCUT2D eigenvalue weighted by Crippen LogP contribution is -2.36. The van der Waals surface area contributed by atoms with Gasteiger partial charge in [-0.3, -0.25) is 4.79 Å². The second-order valence-corrected chi connectivity index (χ2v) is 4.14. The molecule has 0 aromatic heterocycles. The Morgan fingerprint density at radius 3 is 2.85 bits per heavy atom. The minimum Gasteiger partial charge on any atom is -0.383 e. The topological polar surface area (TPSA) is 62.1 Å². The summed E-state index contributed by atoms with van der Waals surface area (Å²) in [5.74, 6) is -2.80. The maximum absolute atomic E-state index is 13.5. The van der Waals surface area contributed by atoms with E-state index in [-0.39, 0.29) is 23.8 Å². The summed E-state index contributed by atoms with van der Waals surface area (Å²) in [5.41, 5.74) is -0.464. The van der Waals surface area contributed by atoms with E-state index in [9.17, 15) is 13.6 Å². The van der Waals surface area contributed by atoms with Gasteiger partial charge in [-0.15, -0.1) is 0 Å². The summed E-state index contributed by atoms with van der Waals surface area (Å²) in [7, 11) is 1.48. The molecule has 6 heteroatoms. The van der Waals surface area contributed by atoms with Crippen molar-refractivity contribution in [1.29, 1.82) is 5.26 Å². The number of benzene rings is 1. The highest BCUT2D eigenvalue weighted by Gasteiger charge is 2.14. The summed E-state index contributed by atoms with van der Waals surface area (Å²) in [6.07, 6.45) is 1.01. The van der Waals surface area contributed by atoms with Gasteiger partial charge in [-0.2, -0.15) is 5.26 Å². The van der Waals surface area contributed by atoms with Crippen molar-refractivity contribution in [3.63, 3.8) is 0 Å². The largest absolute Gasteiger partial charge is 0.383 e. The Morgan fingerprint density at radius 2 is 2.25 bits per heavy atom. The number of methoxy groups -OCH3 is 1. The summed E-state index contributed by atoms with van der Waals surface area (Å²) in [6, 6.07) is 4.89. The molecule has 1 aromatic rings. The fourth-order valence-electron chi connectivity index (χ4n) is 1.53. The van der Waals surface area contributed by atoms with Gasteiger partial charge in [0, 0.05) is 18.7 Å². The Bertz CT molecular complexity index is 565. The zero-order valence-corrected chi connectivity index (χ0v) is 11.1. The first-order valence-corrected chi connectivity index (χ1v) is 5.85. The highest BCUT2D eigenvalue weighted by molar-refractivity contribution is 6.01. The Balaban J connectivity index is 2.96. The number of carbonyl (C=O) groups is 1. The average molecular weight is 280 g/mol. The molecule has 0 saturated carbocycles. The third kappa shape index (κ3) is 4.14. The average Bonchev–Trinajstić information content (AvgIpc) is 2.40. The van der Waals surface area contributed by atoms with Crippen LogP contribution >= 0.6 is 0 Å². The summed E-state index contributed by atoms with van der Waals surface area (Å²) in [4.78, 5) is 11.8. The molecular formula is C14H14F2N2O2. The van der Waals surface area contributed by atoms with Crippen molar-refractivity contribution in [2.75, 3.05) is 13.7 Å². The maximum Gasteiger partial charge on any atom is 0.262 e. The number of hydrogen-bond donors (Lipinski definition) is 1. The van der Waals surface area contributed by atoms with Crippen molar-refractivity contribution in [3.05, 3.63) is 41.0 Å². The number of rotatable bonds is 5. The van der Waals surface area contributed by atoms with Crippen LogP contribution in [-0.4, -0.2) is 25.7 Å². The minimum atomic E-state index is -1.10. The van der Waals surface area contributed by atoms with Crippen LogP contribution in [0.5, 0.6) is 0 Å². The molecule has 106 valence electrons. The van der Waals surface area contributed by atoms with Gasteiger partial charge in [-0.05, 0) is 19.1 Å². The van der Waals surface area contributed by atoms with Crippen molar-refractivity contribution in [1.82, 2.24) is 5.32 Å². The standard InChI is InChI=1S/C14H14F2N2O2/c1-9(8-20-2)18-14(19)11(7-17)6-10-4-3-5-12(15)13(10)16/h3-6,9H,8H2,1-2H3,(H,18,19)/b11-6-. The van der Waals surface area contributed by atoms with Gasteiger partial charge in [-0.25, -0.2) is 8.78 Å². The van der Waals surface area contributed by atoms with E-state index < -0.39 is 17.5 Å². The normalized spacial score (nSPS) is 12.7. The van der Waals surface area contributed by atoms with Crippen LogP contribution in [0.4, 0.5) is 8.78 Å². The van der Waals surface area contributed by atoms with Crippen molar-refractivity contribution < 1.29 is 18.3 Å². The van der Waals surface area contributed by atoms with Crippen molar-refractivity contribution >= 4 is 12.0 Å². The van der Waals surface area contributed by atoms with Crippen LogP contribution in [0.3, 0.4) is 0 Å². The molecule has 0 bridgehead atoms. The summed E-state index contributed by atoms with van der Waals surface area (Å²) in [6.45, 7) is 1.97. The molecule has 0 aliphatic carbocycles. The van der Waals surface area contributed by atoms with Gasteiger partial charge in [0.05, 0.1) is 6.61 Å². The fourth-order valence-corrected chi connectivity index (χ4v) is 1.53. The number of carbonyl (C=O) groups excluding carboxylic acids is 1. The number of nitriles is 1. The van der Waals surface area contributed by atoms with Gasteiger partial charge in [0.2, 0.25) is 0 Å². The quantitative estimate of drug-likeness (QED) is 0.663. The molecule has 1 rings (SSSR count). The lowest BCUT2D eigenvalue weighted by atomic mass is 10.1. The molecule has 0 spiro atoms. The molecule has 1 aromatic carbocycles. The second kappa shape index (κ2) is 7.36. The molecule has 0 fully saturated rings. The molecule has 1 N–H and O–H groups in total. The molecule has 1 amide bonds. The van der Waals surface area contributed by atoms with Crippen LogP contribution < -0.4 is 5.32 Å². The van der Waals surface area contributed by atoms with E-state index in [0.29, 0.717) is 0 Å². The molecule has 0 aliphatic heterocycles. The monoisotopic (exact) mass is 280 g/mol. The Kier molecular flexibility index (Phi) is 5.81. The number of nitrogens with zero attached hydrogens (tertiary/aromatic N) is 1. The number of hydrogen-bond acceptors (Lipinski definition) is 3. The van der Waals surface area contributed by atoms with Gasteiger partial charge in [0.25, 0.3) is 5.91 Å². The molecule has 1 unspecified atom stereocenters. The second-order valence-electron chi connectivity index (χ2n) is 4.14. The van der Waals surface area contributed by atoms with Crippen LogP contribution in [0.1, 0.15) is 12.5 Å². The first-order valence-electron chi connectivity index (χ1n) is 5.85. The first-order chi connectivity index (χ1) is 9.49. The molecule has 4 nitrogen and oxygen atoms in total. The molecule has 1 atom stereocenters. The number of halogens is 2. The Labute approximate surface area is 115 Å². The minimum absolute atomic E-state index is 0.156. The predicted octanol–water partition coefficient (Wildman–Crippen LogP) is 2.02. The van der Waals surface area contributed by atoms with Crippen molar-refractivity contribution in [2.24, 2.45) is 0 Å². The molecule has 0 heterocycles. The summed E-state index contributed by atoms with van der Waals surface area (Å²) >= 11 is 0. The van der Waals surface area contributed by atoms with Gasteiger partial charge >= 0.3 is 0 Å².